The maximum atomic E-state index is 11.1. The van der Waals surface area contributed by atoms with Crippen LogP contribution < -0.4 is 9.47 Å². The average Bonchev–Trinajstić information content (AvgIpc) is 2.80. The Bertz CT molecular complexity index is 1110. The summed E-state index contributed by atoms with van der Waals surface area (Å²) in [6.07, 6.45) is 1.56. The molecule has 0 aliphatic heterocycles. The smallest absolute Gasteiger partial charge is 0.150 e. The lowest BCUT2D eigenvalue weighted by Crippen LogP contribution is -1.94. The summed E-state index contributed by atoms with van der Waals surface area (Å²) < 4.78 is 12.3. The molecule has 0 saturated carbocycles. The largest absolute Gasteiger partial charge is 0.457 e. The molecule has 0 aliphatic carbocycles. The molecule has 0 aromatic heterocycles. The minimum absolute atomic E-state index is 0.534. The van der Waals surface area contributed by atoms with Gasteiger partial charge >= 0.3 is 0 Å². The Morgan fingerprint density at radius 3 is 1.53 bits per heavy atom. The Hall–Kier alpha value is -4.18. The minimum Gasteiger partial charge on any atom is -0.457 e. The van der Waals surface area contributed by atoms with Crippen molar-refractivity contribution in [1.29, 1.82) is 0 Å². The molecule has 0 atom stereocenters. The molecule has 4 aromatic rings. The third-order valence-corrected chi connectivity index (χ3v) is 4.49. The summed E-state index contributed by atoms with van der Waals surface area (Å²) in [6.45, 7) is 0. The molecule has 0 fully saturated rings. The number of hydrogen-bond donors (Lipinski definition) is 0. The van der Waals surface area contributed by atoms with E-state index in [0.29, 0.717) is 34.1 Å². The number of aldehydes is 2. The third-order valence-electron chi connectivity index (χ3n) is 4.49. The standard InChI is InChI=1S/C26H18O4/c27-17-19-7-4-11-22(15-19)29-24-13-6-14-25(26(24)21-9-2-1-3-10-21)30-23-12-5-8-20(16-23)18-28/h1-18H. The summed E-state index contributed by atoms with van der Waals surface area (Å²) in [5.41, 5.74) is 2.76. The van der Waals surface area contributed by atoms with Crippen LogP contribution in [0.25, 0.3) is 11.1 Å². The molecule has 4 nitrogen and oxygen atoms in total. The number of benzene rings is 4. The summed E-state index contributed by atoms with van der Waals surface area (Å²) in [4.78, 5) is 22.2. The van der Waals surface area contributed by atoms with Gasteiger partial charge in [0, 0.05) is 11.1 Å². The first-order valence-corrected chi connectivity index (χ1v) is 9.41. The quantitative estimate of drug-likeness (QED) is 0.333. The predicted octanol–water partition coefficient (Wildman–Crippen LogP) is 6.56. The topological polar surface area (TPSA) is 52.6 Å². The van der Waals surface area contributed by atoms with E-state index in [9.17, 15) is 9.59 Å². The molecule has 0 aliphatic rings. The third kappa shape index (κ3) is 4.28. The normalized spacial score (nSPS) is 10.3. The van der Waals surface area contributed by atoms with Crippen LogP contribution in [0, 0.1) is 0 Å². The first-order valence-electron chi connectivity index (χ1n) is 9.41. The van der Waals surface area contributed by atoms with Crippen LogP contribution in [-0.2, 0) is 0 Å². The van der Waals surface area contributed by atoms with Gasteiger partial charge in [-0.15, -0.1) is 0 Å². The highest BCUT2D eigenvalue weighted by atomic mass is 16.5. The summed E-state index contributed by atoms with van der Waals surface area (Å²) in [7, 11) is 0. The molecule has 0 heterocycles. The second-order valence-electron chi connectivity index (χ2n) is 6.58. The van der Waals surface area contributed by atoms with Gasteiger partial charge in [-0.3, -0.25) is 9.59 Å². The van der Waals surface area contributed by atoms with Crippen LogP contribution >= 0.6 is 0 Å². The first-order chi connectivity index (χ1) is 14.8. The Morgan fingerprint density at radius 2 is 1.03 bits per heavy atom. The summed E-state index contributed by atoms with van der Waals surface area (Å²) in [5, 5.41) is 0. The van der Waals surface area contributed by atoms with E-state index in [1.807, 2.05) is 48.5 Å². The molecule has 0 spiro atoms. The lowest BCUT2D eigenvalue weighted by atomic mass is 10.0. The summed E-state index contributed by atoms with van der Waals surface area (Å²) in [5.74, 6) is 2.29. The van der Waals surface area contributed by atoms with Gasteiger partial charge in [-0.25, -0.2) is 0 Å². The number of ether oxygens (including phenoxy) is 2. The van der Waals surface area contributed by atoms with E-state index in [4.69, 9.17) is 9.47 Å². The molecular formula is C26H18O4. The van der Waals surface area contributed by atoms with Crippen LogP contribution in [0.15, 0.2) is 97.1 Å². The monoisotopic (exact) mass is 394 g/mol. The van der Waals surface area contributed by atoms with E-state index in [0.717, 1.165) is 23.7 Å². The van der Waals surface area contributed by atoms with E-state index in [1.165, 1.54) is 0 Å². The zero-order valence-electron chi connectivity index (χ0n) is 16.0. The Morgan fingerprint density at radius 1 is 0.533 bits per heavy atom. The van der Waals surface area contributed by atoms with E-state index >= 15 is 0 Å². The van der Waals surface area contributed by atoms with E-state index in [1.54, 1.807) is 48.5 Å². The Labute approximate surface area is 174 Å². The van der Waals surface area contributed by atoms with Gasteiger partial charge in [-0.05, 0) is 42.0 Å². The second-order valence-corrected chi connectivity index (χ2v) is 6.58. The van der Waals surface area contributed by atoms with Gasteiger partial charge < -0.3 is 9.47 Å². The molecule has 0 unspecified atom stereocenters. The second kappa shape index (κ2) is 8.88. The van der Waals surface area contributed by atoms with Gasteiger partial charge in [-0.2, -0.15) is 0 Å². The molecule has 0 bridgehead atoms. The van der Waals surface area contributed by atoms with E-state index in [2.05, 4.69) is 0 Å². The van der Waals surface area contributed by atoms with Crippen LogP contribution in [0.2, 0.25) is 0 Å². The molecule has 4 heteroatoms. The number of hydrogen-bond acceptors (Lipinski definition) is 4. The van der Waals surface area contributed by atoms with Crippen molar-refractivity contribution in [3.05, 3.63) is 108 Å². The average molecular weight is 394 g/mol. The van der Waals surface area contributed by atoms with Crippen molar-refractivity contribution >= 4 is 12.6 Å². The zero-order chi connectivity index (χ0) is 20.8. The number of rotatable bonds is 7. The Balaban J connectivity index is 1.79. The van der Waals surface area contributed by atoms with Crippen LogP contribution in [0.4, 0.5) is 0 Å². The van der Waals surface area contributed by atoms with Gasteiger partial charge in [0.25, 0.3) is 0 Å². The zero-order valence-corrected chi connectivity index (χ0v) is 16.0. The summed E-state index contributed by atoms with van der Waals surface area (Å²) >= 11 is 0. The molecular weight excluding hydrogens is 376 g/mol. The molecule has 146 valence electrons. The van der Waals surface area contributed by atoms with Gasteiger partial charge in [0.1, 0.15) is 35.6 Å². The van der Waals surface area contributed by atoms with Gasteiger partial charge in [0.05, 0.1) is 5.56 Å². The SMILES string of the molecule is O=Cc1cccc(Oc2cccc(Oc3cccc(C=O)c3)c2-c2ccccc2)c1. The van der Waals surface area contributed by atoms with Crippen LogP contribution in [0.5, 0.6) is 23.0 Å². The highest BCUT2D eigenvalue weighted by Crippen LogP contribution is 2.42. The Kier molecular flexibility index (Phi) is 5.67. The van der Waals surface area contributed by atoms with Crippen LogP contribution in [0.3, 0.4) is 0 Å². The lowest BCUT2D eigenvalue weighted by Gasteiger charge is -2.16. The van der Waals surface area contributed by atoms with Crippen molar-refractivity contribution in [2.75, 3.05) is 0 Å². The molecule has 0 radical (unpaired) electrons. The van der Waals surface area contributed by atoms with Crippen molar-refractivity contribution in [2.45, 2.75) is 0 Å². The number of carbonyl (C=O) groups is 2. The fourth-order valence-electron chi connectivity index (χ4n) is 3.13. The van der Waals surface area contributed by atoms with Gasteiger partial charge in [-0.1, -0.05) is 60.7 Å². The molecule has 0 amide bonds. The highest BCUT2D eigenvalue weighted by molar-refractivity contribution is 5.79. The van der Waals surface area contributed by atoms with Crippen molar-refractivity contribution < 1.29 is 19.1 Å². The van der Waals surface area contributed by atoms with E-state index < -0.39 is 0 Å². The van der Waals surface area contributed by atoms with Gasteiger partial charge in [0.2, 0.25) is 0 Å². The van der Waals surface area contributed by atoms with Crippen LogP contribution in [-0.4, -0.2) is 12.6 Å². The minimum atomic E-state index is 0.534. The summed E-state index contributed by atoms with van der Waals surface area (Å²) in [6, 6.07) is 29.2. The molecule has 4 rings (SSSR count). The molecule has 30 heavy (non-hydrogen) atoms. The molecule has 0 N–H and O–H groups in total. The first kappa shape index (κ1) is 19.2. The van der Waals surface area contributed by atoms with Crippen molar-refractivity contribution in [3.8, 4) is 34.1 Å². The number of carbonyl (C=O) groups excluding carboxylic acids is 2. The molecule has 0 saturated heterocycles. The molecule has 4 aromatic carbocycles. The van der Waals surface area contributed by atoms with Gasteiger partial charge in [0.15, 0.2) is 0 Å². The lowest BCUT2D eigenvalue weighted by molar-refractivity contribution is 0.111. The van der Waals surface area contributed by atoms with Crippen molar-refractivity contribution in [1.82, 2.24) is 0 Å². The maximum Gasteiger partial charge on any atom is 0.150 e. The van der Waals surface area contributed by atoms with E-state index in [-0.39, 0.29) is 0 Å². The van der Waals surface area contributed by atoms with Crippen molar-refractivity contribution in [3.63, 3.8) is 0 Å². The maximum absolute atomic E-state index is 11.1. The fourth-order valence-corrected chi connectivity index (χ4v) is 3.13. The van der Waals surface area contributed by atoms with Crippen LogP contribution in [0.1, 0.15) is 20.7 Å². The highest BCUT2D eigenvalue weighted by Gasteiger charge is 2.15. The predicted molar refractivity (Wildman–Crippen MR) is 116 cm³/mol. The fraction of sp³-hybridized carbons (Fsp3) is 0. The van der Waals surface area contributed by atoms with Crippen molar-refractivity contribution in [2.24, 2.45) is 0 Å².